The van der Waals surface area contributed by atoms with Gasteiger partial charge in [-0.25, -0.2) is 4.98 Å². The molecule has 6 heteroatoms. The highest BCUT2D eigenvalue weighted by Gasteiger charge is 2.30. The quantitative estimate of drug-likeness (QED) is 0.875. The molecule has 0 spiro atoms. The number of hydrogen-bond acceptors (Lipinski definition) is 5. The van der Waals surface area contributed by atoms with Crippen molar-refractivity contribution in [2.75, 3.05) is 13.1 Å². The van der Waals surface area contributed by atoms with Crippen molar-refractivity contribution in [3.8, 4) is 0 Å². The van der Waals surface area contributed by atoms with Crippen LogP contribution in [0.5, 0.6) is 0 Å². The minimum atomic E-state index is 0.0224. The second kappa shape index (κ2) is 8.35. The first kappa shape index (κ1) is 17.0. The molecular weight excluding hydrogens is 320 g/mol. The molecule has 1 aliphatic heterocycles. The molecule has 0 unspecified atom stereocenters. The Morgan fingerprint density at radius 1 is 1.50 bits per heavy atom. The zero-order valence-electron chi connectivity index (χ0n) is 14.0. The Balaban J connectivity index is 1.69. The van der Waals surface area contributed by atoms with Crippen molar-refractivity contribution in [3.63, 3.8) is 0 Å². The van der Waals surface area contributed by atoms with Gasteiger partial charge in [0.25, 0.3) is 0 Å². The molecule has 1 aliphatic rings. The van der Waals surface area contributed by atoms with Gasteiger partial charge < -0.3 is 5.32 Å². The maximum atomic E-state index is 12.0. The predicted octanol–water partition coefficient (Wildman–Crippen LogP) is 3.02. The Bertz CT molecular complexity index is 632. The van der Waals surface area contributed by atoms with Gasteiger partial charge in [-0.1, -0.05) is 13.0 Å². The SMILES string of the molecule is CCC(=O)N[C@@H](c1nccs1)[C@H]1CCCN(Cc2cccnc2)C1. The number of amides is 1. The second-order valence-electron chi connectivity index (χ2n) is 6.27. The van der Waals surface area contributed by atoms with Crippen LogP contribution in [0, 0.1) is 5.92 Å². The molecule has 128 valence electrons. The minimum absolute atomic E-state index is 0.0224. The fraction of sp³-hybridized carbons (Fsp3) is 0.500. The third-order valence-electron chi connectivity index (χ3n) is 4.50. The van der Waals surface area contributed by atoms with Crippen LogP contribution in [0.25, 0.3) is 0 Å². The van der Waals surface area contributed by atoms with Gasteiger partial charge in [-0.2, -0.15) is 0 Å². The molecule has 3 heterocycles. The summed E-state index contributed by atoms with van der Waals surface area (Å²) in [6.07, 6.45) is 8.34. The summed E-state index contributed by atoms with van der Waals surface area (Å²) < 4.78 is 0. The highest BCUT2D eigenvalue weighted by Crippen LogP contribution is 2.31. The van der Waals surface area contributed by atoms with Gasteiger partial charge in [0.2, 0.25) is 5.91 Å². The van der Waals surface area contributed by atoms with E-state index in [2.05, 4.69) is 26.3 Å². The molecule has 24 heavy (non-hydrogen) atoms. The number of thiazole rings is 1. The molecule has 3 rings (SSSR count). The fourth-order valence-electron chi connectivity index (χ4n) is 3.30. The molecule has 2 atom stereocenters. The van der Waals surface area contributed by atoms with E-state index in [1.165, 1.54) is 5.56 Å². The lowest BCUT2D eigenvalue weighted by Crippen LogP contribution is -2.42. The number of nitrogens with one attached hydrogen (secondary N) is 1. The van der Waals surface area contributed by atoms with Gasteiger partial charge in [-0.15, -0.1) is 11.3 Å². The molecule has 1 saturated heterocycles. The highest BCUT2D eigenvalue weighted by molar-refractivity contribution is 7.09. The van der Waals surface area contributed by atoms with E-state index in [0.29, 0.717) is 12.3 Å². The lowest BCUT2D eigenvalue weighted by atomic mass is 9.90. The largest absolute Gasteiger partial charge is 0.347 e. The van der Waals surface area contributed by atoms with Crippen LogP contribution >= 0.6 is 11.3 Å². The van der Waals surface area contributed by atoms with Gasteiger partial charge in [0.05, 0.1) is 6.04 Å². The first-order chi connectivity index (χ1) is 11.8. The summed E-state index contributed by atoms with van der Waals surface area (Å²) in [6, 6.07) is 4.12. The third-order valence-corrected chi connectivity index (χ3v) is 5.36. The molecule has 0 aliphatic carbocycles. The molecule has 0 radical (unpaired) electrons. The van der Waals surface area contributed by atoms with E-state index in [9.17, 15) is 4.79 Å². The van der Waals surface area contributed by atoms with Crippen molar-refractivity contribution in [3.05, 3.63) is 46.7 Å². The van der Waals surface area contributed by atoms with Gasteiger partial charge in [-0.3, -0.25) is 14.7 Å². The number of rotatable bonds is 6. The van der Waals surface area contributed by atoms with Crippen molar-refractivity contribution >= 4 is 17.2 Å². The van der Waals surface area contributed by atoms with Crippen LogP contribution in [0.2, 0.25) is 0 Å². The van der Waals surface area contributed by atoms with E-state index >= 15 is 0 Å². The van der Waals surface area contributed by atoms with Gasteiger partial charge in [0, 0.05) is 43.5 Å². The van der Waals surface area contributed by atoms with E-state index in [-0.39, 0.29) is 11.9 Å². The monoisotopic (exact) mass is 344 g/mol. The minimum Gasteiger partial charge on any atom is -0.347 e. The third kappa shape index (κ3) is 4.39. The number of likely N-dealkylation sites (tertiary alicyclic amines) is 1. The van der Waals surface area contributed by atoms with Gasteiger partial charge in [-0.05, 0) is 36.9 Å². The molecular formula is C18H24N4OS. The Morgan fingerprint density at radius 3 is 3.12 bits per heavy atom. The van der Waals surface area contributed by atoms with Gasteiger partial charge in [0.15, 0.2) is 0 Å². The van der Waals surface area contributed by atoms with Crippen molar-refractivity contribution in [1.29, 1.82) is 0 Å². The van der Waals surface area contributed by atoms with Crippen LogP contribution in [-0.2, 0) is 11.3 Å². The molecule has 2 aromatic heterocycles. The lowest BCUT2D eigenvalue weighted by Gasteiger charge is -2.36. The number of nitrogens with zero attached hydrogens (tertiary/aromatic N) is 3. The van der Waals surface area contributed by atoms with Gasteiger partial charge in [0.1, 0.15) is 5.01 Å². The number of piperidine rings is 1. The van der Waals surface area contributed by atoms with E-state index in [0.717, 1.165) is 37.5 Å². The van der Waals surface area contributed by atoms with Gasteiger partial charge >= 0.3 is 0 Å². The lowest BCUT2D eigenvalue weighted by molar-refractivity contribution is -0.122. The van der Waals surface area contributed by atoms with E-state index in [1.807, 2.05) is 30.8 Å². The second-order valence-corrected chi connectivity index (χ2v) is 7.19. The van der Waals surface area contributed by atoms with E-state index in [4.69, 9.17) is 0 Å². The summed E-state index contributed by atoms with van der Waals surface area (Å²) in [7, 11) is 0. The summed E-state index contributed by atoms with van der Waals surface area (Å²) >= 11 is 1.63. The number of carbonyl (C=O) groups is 1. The number of aromatic nitrogens is 2. The van der Waals surface area contributed by atoms with E-state index in [1.54, 1.807) is 17.5 Å². The van der Waals surface area contributed by atoms with Crippen LogP contribution < -0.4 is 5.32 Å². The average Bonchev–Trinajstić information content (AvgIpc) is 3.15. The molecule has 0 bridgehead atoms. The summed E-state index contributed by atoms with van der Waals surface area (Å²) in [6.45, 7) is 4.88. The molecule has 0 saturated carbocycles. The summed E-state index contributed by atoms with van der Waals surface area (Å²) in [5.74, 6) is 0.497. The van der Waals surface area contributed by atoms with Crippen LogP contribution in [0.4, 0.5) is 0 Å². The number of pyridine rings is 1. The zero-order valence-corrected chi connectivity index (χ0v) is 14.8. The number of hydrogen-bond donors (Lipinski definition) is 1. The van der Waals surface area contributed by atoms with Crippen LogP contribution in [0.3, 0.4) is 0 Å². The Hall–Kier alpha value is -1.79. The smallest absolute Gasteiger partial charge is 0.220 e. The standard InChI is InChI=1S/C18H24N4OS/c1-2-16(23)21-17(18-20-8-10-24-18)15-6-4-9-22(13-15)12-14-5-3-7-19-11-14/h3,5,7-8,10-11,15,17H,2,4,6,9,12-13H2,1H3,(H,21,23)/t15-,17+/m0/s1. The highest BCUT2D eigenvalue weighted by atomic mass is 32.1. The van der Waals surface area contributed by atoms with E-state index < -0.39 is 0 Å². The summed E-state index contributed by atoms with van der Waals surface area (Å²) in [5, 5.41) is 6.19. The predicted molar refractivity (Wildman–Crippen MR) is 95.5 cm³/mol. The van der Waals surface area contributed by atoms with Crippen molar-refractivity contribution in [2.45, 2.75) is 38.8 Å². The molecule has 5 nitrogen and oxygen atoms in total. The van der Waals surface area contributed by atoms with Crippen LogP contribution in [-0.4, -0.2) is 33.9 Å². The maximum Gasteiger partial charge on any atom is 0.220 e. The Kier molecular flexibility index (Phi) is 5.93. The molecule has 1 N–H and O–H groups in total. The zero-order chi connectivity index (χ0) is 16.8. The average molecular weight is 344 g/mol. The topological polar surface area (TPSA) is 58.1 Å². The summed E-state index contributed by atoms with van der Waals surface area (Å²) in [5.41, 5.74) is 1.24. The molecule has 1 amide bonds. The first-order valence-corrected chi connectivity index (χ1v) is 9.44. The maximum absolute atomic E-state index is 12.0. The van der Waals surface area contributed by atoms with Crippen LogP contribution in [0.15, 0.2) is 36.1 Å². The summed E-state index contributed by atoms with van der Waals surface area (Å²) in [4.78, 5) is 23.1. The molecule has 2 aromatic rings. The number of carbonyl (C=O) groups excluding carboxylic acids is 1. The molecule has 1 fully saturated rings. The molecule has 0 aromatic carbocycles. The first-order valence-electron chi connectivity index (χ1n) is 8.56. The fourth-order valence-corrected chi connectivity index (χ4v) is 4.08. The van der Waals surface area contributed by atoms with Crippen molar-refractivity contribution in [2.24, 2.45) is 5.92 Å². The van der Waals surface area contributed by atoms with Crippen molar-refractivity contribution < 1.29 is 4.79 Å². The van der Waals surface area contributed by atoms with Crippen LogP contribution in [0.1, 0.15) is 42.8 Å². The van der Waals surface area contributed by atoms with Crippen molar-refractivity contribution in [1.82, 2.24) is 20.2 Å². The Morgan fingerprint density at radius 2 is 2.42 bits per heavy atom. The Labute approximate surface area is 147 Å². The normalized spacial score (nSPS) is 19.8.